The van der Waals surface area contributed by atoms with Gasteiger partial charge >= 0.3 is 5.97 Å². The Bertz CT molecular complexity index is 2840. The van der Waals surface area contributed by atoms with Gasteiger partial charge in [-0.1, -0.05) is 105 Å². The Morgan fingerprint density at radius 3 is 2.14 bits per heavy atom. The molecule has 8 amide bonds. The number of nitrogens with two attached hydrogens (primary N) is 1. The minimum absolute atomic E-state index is 0.00660. The third-order valence-electron chi connectivity index (χ3n) is 16.4. The standard InChI is InChI=1S/C60H77N9O10/c1-3-4-20-45(64-37(2)70)59(78)69-49(54(61)73)23-12-14-29-62-55(74)46(33-42-36-63-44-21-10-9-19-43(42)44)65-56(75)50-24-13-15-30-67(50)58(77)47(32-40-27-25-39(26-28-40)31-38-16-6-5-7-17-38)66-57(76)51-34-41-18-8-11-22-48(41)68(51)60(79)52(69)35-53(71)72/h5-7,9-10,16-17,19,21,25-28,36,41,45-52,63H,3-4,8,11-15,18,20,22-24,29-35H2,1-2H3,(H2,61,73)(H,62,74)(H,64,70)(H,65,75)(H,66,76)(H,71,72)/t41?,45-,46-,47+,48?,49-,50?,51?,52-/m0/s1. The number of aromatic amines is 1. The fourth-order valence-corrected chi connectivity index (χ4v) is 12.5. The highest BCUT2D eigenvalue weighted by atomic mass is 16.4. The van der Waals surface area contributed by atoms with E-state index in [1.54, 1.807) is 6.20 Å². The van der Waals surface area contributed by atoms with Gasteiger partial charge in [0.05, 0.1) is 6.42 Å². The summed E-state index contributed by atoms with van der Waals surface area (Å²) in [7, 11) is 0. The van der Waals surface area contributed by atoms with Crippen LogP contribution in [0.3, 0.4) is 0 Å². The second-order valence-electron chi connectivity index (χ2n) is 22.0. The second kappa shape index (κ2) is 26.9. The number of carbonyl (C=O) groups excluding carboxylic acids is 8. The molecule has 0 spiro atoms. The van der Waals surface area contributed by atoms with Crippen molar-refractivity contribution in [2.45, 2.75) is 178 Å². The zero-order chi connectivity index (χ0) is 56.2. The Hall–Kier alpha value is -7.57. The molecule has 4 aliphatic rings. The molecule has 0 radical (unpaired) electrons. The van der Waals surface area contributed by atoms with Gasteiger partial charge in [0, 0.05) is 56.0 Å². The normalized spacial score (nSPS) is 25.1. The van der Waals surface area contributed by atoms with Gasteiger partial charge in [-0.15, -0.1) is 0 Å². The van der Waals surface area contributed by atoms with E-state index < -0.39 is 108 Å². The summed E-state index contributed by atoms with van der Waals surface area (Å²) in [5, 5.41) is 23.2. The number of rotatable bonds is 14. The Morgan fingerprint density at radius 2 is 1.41 bits per heavy atom. The summed E-state index contributed by atoms with van der Waals surface area (Å²) >= 11 is 0. The Labute approximate surface area is 461 Å². The first-order chi connectivity index (χ1) is 38.1. The number of carboxylic acids is 1. The topological polar surface area (TPSA) is 274 Å². The quantitative estimate of drug-likeness (QED) is 0.0924. The van der Waals surface area contributed by atoms with E-state index in [0.717, 1.165) is 38.9 Å². The maximum atomic E-state index is 15.8. The SMILES string of the molecule is CCCC[C@H](NC(C)=O)C(=O)N1[C@H](C(N)=O)CCCCNC(=O)[C@H](Cc2c[nH]c3ccccc23)NC(=O)C2CCCCN2C(=O)[C@@H](Cc2ccc(Cc3ccccc3)cc2)NC(=O)C2CC3CCCCC3N2C(=O)[C@@H]1CC(=O)O. The summed E-state index contributed by atoms with van der Waals surface area (Å²) < 4.78 is 0. The molecule has 3 saturated heterocycles. The van der Waals surface area contributed by atoms with Crippen molar-refractivity contribution in [3.63, 3.8) is 0 Å². The molecule has 8 N–H and O–H groups in total. The summed E-state index contributed by atoms with van der Waals surface area (Å²) in [6.45, 7) is 3.37. The molecule has 4 unspecified atom stereocenters. The highest BCUT2D eigenvalue weighted by molar-refractivity contribution is 6.00. The van der Waals surface area contributed by atoms with Crippen LogP contribution in [0.25, 0.3) is 10.9 Å². The number of carbonyl (C=O) groups is 9. The molecule has 1 saturated carbocycles. The molecule has 9 atom stereocenters. The highest BCUT2D eigenvalue weighted by Gasteiger charge is 2.52. The molecule has 1 aliphatic carbocycles. The van der Waals surface area contributed by atoms with Crippen LogP contribution in [0.1, 0.15) is 132 Å². The number of benzene rings is 3. The minimum atomic E-state index is -1.85. The van der Waals surface area contributed by atoms with Crippen LogP contribution in [0.2, 0.25) is 0 Å². The van der Waals surface area contributed by atoms with Crippen LogP contribution in [-0.2, 0) is 62.4 Å². The fourth-order valence-electron chi connectivity index (χ4n) is 12.5. The number of primary amides is 1. The molecule has 4 heterocycles. The predicted octanol–water partition coefficient (Wildman–Crippen LogP) is 4.58. The van der Waals surface area contributed by atoms with Crippen LogP contribution in [0, 0.1) is 5.92 Å². The van der Waals surface area contributed by atoms with Gasteiger partial charge in [0.2, 0.25) is 47.3 Å². The number of piperidine rings is 1. The Morgan fingerprint density at radius 1 is 0.734 bits per heavy atom. The van der Waals surface area contributed by atoms with E-state index in [4.69, 9.17) is 5.73 Å². The number of fused-ring (bicyclic) bond motifs is 5. The zero-order valence-corrected chi connectivity index (χ0v) is 45.5. The lowest BCUT2D eigenvalue weighted by atomic mass is 9.84. The average Bonchev–Trinajstić information content (AvgIpc) is 4.28. The Balaban J connectivity index is 1.21. The number of nitrogens with zero attached hydrogens (tertiary/aromatic N) is 3. The van der Waals surface area contributed by atoms with E-state index in [0.29, 0.717) is 63.4 Å². The molecular weight excluding hydrogens is 1010 g/mol. The number of aromatic nitrogens is 1. The first kappa shape index (κ1) is 57.6. The van der Waals surface area contributed by atoms with Crippen LogP contribution in [-0.4, -0.2) is 139 Å². The summed E-state index contributed by atoms with van der Waals surface area (Å²) in [5.74, 6) is -7.19. The first-order valence-electron chi connectivity index (χ1n) is 28.4. The summed E-state index contributed by atoms with van der Waals surface area (Å²) in [6.07, 6.45) is 7.36. The highest BCUT2D eigenvalue weighted by Crippen LogP contribution is 2.41. The van der Waals surface area contributed by atoms with Crippen molar-refractivity contribution >= 4 is 64.1 Å². The first-order valence-corrected chi connectivity index (χ1v) is 28.4. The predicted molar refractivity (Wildman–Crippen MR) is 295 cm³/mol. The third kappa shape index (κ3) is 14.2. The van der Waals surface area contributed by atoms with E-state index in [-0.39, 0.29) is 64.0 Å². The van der Waals surface area contributed by atoms with Crippen LogP contribution in [0.15, 0.2) is 85.1 Å². The molecule has 3 aliphatic heterocycles. The van der Waals surface area contributed by atoms with Gasteiger partial charge in [-0.2, -0.15) is 0 Å². The number of aliphatic carboxylic acids is 1. The van der Waals surface area contributed by atoms with Gasteiger partial charge < -0.3 is 51.8 Å². The van der Waals surface area contributed by atoms with E-state index in [1.807, 2.05) is 85.8 Å². The minimum Gasteiger partial charge on any atom is -0.481 e. The van der Waals surface area contributed by atoms with Crippen LogP contribution >= 0.6 is 0 Å². The largest absolute Gasteiger partial charge is 0.481 e. The van der Waals surface area contributed by atoms with Crippen molar-refractivity contribution in [3.05, 3.63) is 107 Å². The number of nitrogens with one attached hydrogen (secondary N) is 5. The van der Waals surface area contributed by atoms with Crippen molar-refractivity contribution in [2.24, 2.45) is 11.7 Å². The lowest BCUT2D eigenvalue weighted by molar-refractivity contribution is -0.159. The molecule has 19 heteroatoms. The van der Waals surface area contributed by atoms with Gasteiger partial charge in [-0.3, -0.25) is 43.2 Å². The lowest BCUT2D eigenvalue weighted by Crippen LogP contribution is -2.64. The summed E-state index contributed by atoms with van der Waals surface area (Å²) in [5.41, 5.74) is 10.6. The van der Waals surface area contributed by atoms with Crippen molar-refractivity contribution in [1.29, 1.82) is 0 Å². The van der Waals surface area contributed by atoms with Gasteiger partial charge in [-0.05, 0) is 105 Å². The van der Waals surface area contributed by atoms with E-state index in [9.17, 15) is 29.1 Å². The molecule has 19 nitrogen and oxygen atoms in total. The monoisotopic (exact) mass is 1080 g/mol. The van der Waals surface area contributed by atoms with Gasteiger partial charge in [0.15, 0.2) is 0 Å². The third-order valence-corrected chi connectivity index (χ3v) is 16.4. The average molecular weight is 1080 g/mol. The molecular formula is C60H77N9O10. The number of para-hydroxylation sites is 1. The molecule has 0 bridgehead atoms. The smallest absolute Gasteiger partial charge is 0.305 e. The summed E-state index contributed by atoms with van der Waals surface area (Å²) in [4.78, 5) is 138. The summed E-state index contributed by atoms with van der Waals surface area (Å²) in [6, 6.07) is 15.5. The van der Waals surface area contributed by atoms with Crippen LogP contribution in [0.4, 0.5) is 0 Å². The molecule has 4 aromatic rings. The molecule has 8 rings (SSSR count). The zero-order valence-electron chi connectivity index (χ0n) is 45.5. The number of amides is 8. The van der Waals surface area contributed by atoms with E-state index in [2.05, 4.69) is 26.3 Å². The van der Waals surface area contributed by atoms with Gasteiger partial charge in [0.25, 0.3) is 0 Å². The number of H-pyrrole nitrogens is 1. The van der Waals surface area contributed by atoms with Gasteiger partial charge in [-0.25, -0.2) is 0 Å². The maximum absolute atomic E-state index is 15.8. The molecule has 4 fully saturated rings. The van der Waals surface area contributed by atoms with E-state index >= 15 is 19.2 Å². The number of hydrogen-bond acceptors (Lipinski definition) is 9. The molecule has 422 valence electrons. The fraction of sp³-hybridized carbons (Fsp3) is 0.517. The second-order valence-corrected chi connectivity index (χ2v) is 22.0. The van der Waals surface area contributed by atoms with Crippen molar-refractivity contribution in [1.82, 2.24) is 41.0 Å². The molecule has 1 aromatic heterocycles. The molecule has 79 heavy (non-hydrogen) atoms. The van der Waals surface area contributed by atoms with Crippen molar-refractivity contribution in [3.8, 4) is 0 Å². The van der Waals surface area contributed by atoms with Crippen molar-refractivity contribution < 1.29 is 48.3 Å². The number of unbranched alkanes of at least 4 members (excludes halogenated alkanes) is 1. The maximum Gasteiger partial charge on any atom is 0.305 e. The van der Waals surface area contributed by atoms with Gasteiger partial charge in [0.1, 0.15) is 42.3 Å². The van der Waals surface area contributed by atoms with E-state index in [1.165, 1.54) is 16.7 Å². The number of carboxylic acid groups (broad SMARTS) is 1. The Kier molecular flexibility index (Phi) is 19.6. The van der Waals surface area contributed by atoms with Crippen molar-refractivity contribution in [2.75, 3.05) is 13.1 Å². The number of hydrogen-bond donors (Lipinski definition) is 7. The van der Waals surface area contributed by atoms with Crippen LogP contribution < -0.4 is 27.0 Å². The van der Waals surface area contributed by atoms with Crippen LogP contribution in [0.5, 0.6) is 0 Å². The lowest BCUT2D eigenvalue weighted by Gasteiger charge is -2.42. The molecule has 3 aromatic carbocycles.